The van der Waals surface area contributed by atoms with Gasteiger partial charge >= 0.3 is 0 Å². The van der Waals surface area contributed by atoms with E-state index in [0.29, 0.717) is 24.3 Å². The predicted molar refractivity (Wildman–Crippen MR) is 60.5 cm³/mol. The topological polar surface area (TPSA) is 52.3 Å². The van der Waals surface area contributed by atoms with Crippen LogP contribution in [0.5, 0.6) is 5.75 Å². The molecule has 0 atom stereocenters. The highest BCUT2D eigenvalue weighted by molar-refractivity contribution is 5.99. The fourth-order valence-electron chi connectivity index (χ4n) is 1.44. The van der Waals surface area contributed by atoms with Gasteiger partial charge in [0.25, 0.3) is 0 Å². The van der Waals surface area contributed by atoms with Crippen LogP contribution in [0.25, 0.3) is 0 Å². The Kier molecular flexibility index (Phi) is 3.86. The molecule has 3 heteroatoms. The largest absolute Gasteiger partial charge is 0.496 e. The van der Waals surface area contributed by atoms with Crippen LogP contribution in [0, 0.1) is 13.8 Å². The third kappa shape index (κ3) is 2.57. The fraction of sp³-hybridized carbons (Fsp3) is 0.417. The lowest BCUT2D eigenvalue weighted by Crippen LogP contribution is -2.10. The molecule has 2 N–H and O–H groups in total. The van der Waals surface area contributed by atoms with Crippen molar-refractivity contribution < 1.29 is 9.53 Å². The van der Waals surface area contributed by atoms with Crippen molar-refractivity contribution in [3.63, 3.8) is 0 Å². The second-order valence-corrected chi connectivity index (χ2v) is 3.60. The zero-order chi connectivity index (χ0) is 11.4. The number of ether oxygens (including phenoxy) is 1. The van der Waals surface area contributed by atoms with E-state index in [-0.39, 0.29) is 5.78 Å². The van der Waals surface area contributed by atoms with Crippen LogP contribution in [0.1, 0.15) is 27.9 Å². The van der Waals surface area contributed by atoms with Crippen LogP contribution >= 0.6 is 0 Å². The van der Waals surface area contributed by atoms with Crippen molar-refractivity contribution in [1.29, 1.82) is 0 Å². The van der Waals surface area contributed by atoms with E-state index in [4.69, 9.17) is 10.5 Å². The summed E-state index contributed by atoms with van der Waals surface area (Å²) >= 11 is 0. The summed E-state index contributed by atoms with van der Waals surface area (Å²) in [6, 6.07) is 3.76. The third-order valence-electron chi connectivity index (χ3n) is 2.49. The monoisotopic (exact) mass is 207 g/mol. The molecule has 0 aliphatic heterocycles. The summed E-state index contributed by atoms with van der Waals surface area (Å²) in [4.78, 5) is 11.7. The van der Waals surface area contributed by atoms with Crippen LogP contribution in [-0.2, 0) is 0 Å². The zero-order valence-electron chi connectivity index (χ0n) is 9.46. The number of benzene rings is 1. The van der Waals surface area contributed by atoms with Gasteiger partial charge in [-0.25, -0.2) is 0 Å². The van der Waals surface area contributed by atoms with Crippen molar-refractivity contribution in [2.24, 2.45) is 5.73 Å². The quantitative estimate of drug-likeness (QED) is 0.766. The minimum absolute atomic E-state index is 0.0393. The third-order valence-corrected chi connectivity index (χ3v) is 2.49. The number of carbonyl (C=O) groups is 1. The molecule has 0 radical (unpaired) electrons. The van der Waals surface area contributed by atoms with Crippen molar-refractivity contribution in [3.05, 3.63) is 28.8 Å². The Morgan fingerprint density at radius 2 is 1.93 bits per heavy atom. The summed E-state index contributed by atoms with van der Waals surface area (Å²) in [5, 5.41) is 0. The highest BCUT2D eigenvalue weighted by Crippen LogP contribution is 2.24. The summed E-state index contributed by atoms with van der Waals surface area (Å²) in [7, 11) is 1.57. The van der Waals surface area contributed by atoms with Gasteiger partial charge in [0.05, 0.1) is 12.7 Å². The van der Waals surface area contributed by atoms with Crippen molar-refractivity contribution >= 4 is 5.78 Å². The standard InChI is InChI=1S/C12H17NO2/c1-8-6-10(11(14)4-5-13)12(15-3)7-9(8)2/h6-7H,4-5,13H2,1-3H3. The molecule has 1 aromatic carbocycles. The minimum Gasteiger partial charge on any atom is -0.496 e. The molecule has 0 fully saturated rings. The van der Waals surface area contributed by atoms with Gasteiger partial charge in [-0.3, -0.25) is 4.79 Å². The van der Waals surface area contributed by atoms with Gasteiger partial charge in [-0.05, 0) is 43.7 Å². The smallest absolute Gasteiger partial charge is 0.167 e. The molecular formula is C12H17NO2. The highest BCUT2D eigenvalue weighted by atomic mass is 16.5. The first-order valence-electron chi connectivity index (χ1n) is 4.98. The van der Waals surface area contributed by atoms with Gasteiger partial charge in [-0.2, -0.15) is 0 Å². The summed E-state index contributed by atoms with van der Waals surface area (Å²) in [5.41, 5.74) is 8.21. The molecule has 0 aromatic heterocycles. The SMILES string of the molecule is COc1cc(C)c(C)cc1C(=O)CCN. The summed E-state index contributed by atoms with van der Waals surface area (Å²) in [6.45, 7) is 4.35. The van der Waals surface area contributed by atoms with E-state index in [9.17, 15) is 4.79 Å². The van der Waals surface area contributed by atoms with Gasteiger partial charge in [0.15, 0.2) is 5.78 Å². The lowest BCUT2D eigenvalue weighted by atomic mass is 10.0. The van der Waals surface area contributed by atoms with Crippen LogP contribution in [0.15, 0.2) is 12.1 Å². The molecule has 0 unspecified atom stereocenters. The average molecular weight is 207 g/mol. The zero-order valence-corrected chi connectivity index (χ0v) is 9.46. The van der Waals surface area contributed by atoms with E-state index >= 15 is 0 Å². The summed E-state index contributed by atoms with van der Waals surface area (Å²) in [6.07, 6.45) is 0.360. The first-order valence-corrected chi connectivity index (χ1v) is 4.98. The first-order chi connectivity index (χ1) is 7.10. The lowest BCUT2D eigenvalue weighted by Gasteiger charge is -2.10. The Morgan fingerprint density at radius 1 is 1.33 bits per heavy atom. The Hall–Kier alpha value is -1.35. The number of nitrogens with two attached hydrogens (primary N) is 1. The maximum atomic E-state index is 11.7. The fourth-order valence-corrected chi connectivity index (χ4v) is 1.44. The first kappa shape index (κ1) is 11.7. The van der Waals surface area contributed by atoms with E-state index < -0.39 is 0 Å². The van der Waals surface area contributed by atoms with E-state index in [1.807, 2.05) is 26.0 Å². The average Bonchev–Trinajstić information content (AvgIpc) is 2.21. The molecule has 1 aromatic rings. The number of ketones is 1. The van der Waals surface area contributed by atoms with E-state index in [0.717, 1.165) is 11.1 Å². The Labute approximate surface area is 90.2 Å². The van der Waals surface area contributed by atoms with Gasteiger partial charge < -0.3 is 10.5 Å². The number of hydrogen-bond donors (Lipinski definition) is 1. The maximum Gasteiger partial charge on any atom is 0.167 e. The van der Waals surface area contributed by atoms with Crippen molar-refractivity contribution in [3.8, 4) is 5.75 Å². The molecule has 0 aliphatic rings. The summed E-state index contributed by atoms with van der Waals surface area (Å²) < 4.78 is 5.19. The molecule has 0 saturated heterocycles. The normalized spacial score (nSPS) is 10.1. The van der Waals surface area contributed by atoms with Crippen molar-refractivity contribution in [2.75, 3.05) is 13.7 Å². The molecule has 0 heterocycles. The second-order valence-electron chi connectivity index (χ2n) is 3.60. The number of methoxy groups -OCH3 is 1. The molecular weight excluding hydrogens is 190 g/mol. The van der Waals surface area contributed by atoms with Crippen LogP contribution in [0.2, 0.25) is 0 Å². The number of carbonyl (C=O) groups excluding carboxylic acids is 1. The van der Waals surface area contributed by atoms with Crippen LogP contribution < -0.4 is 10.5 Å². The molecule has 0 bridgehead atoms. The van der Waals surface area contributed by atoms with Crippen LogP contribution in [0.4, 0.5) is 0 Å². The molecule has 0 saturated carbocycles. The lowest BCUT2D eigenvalue weighted by molar-refractivity contribution is 0.0982. The van der Waals surface area contributed by atoms with E-state index in [1.165, 1.54) is 0 Å². The predicted octanol–water partition coefficient (Wildman–Crippen LogP) is 1.84. The number of rotatable bonds is 4. The van der Waals surface area contributed by atoms with Gasteiger partial charge in [0.2, 0.25) is 0 Å². The van der Waals surface area contributed by atoms with Crippen molar-refractivity contribution in [2.45, 2.75) is 20.3 Å². The molecule has 1 rings (SSSR count). The molecule has 0 aliphatic carbocycles. The van der Waals surface area contributed by atoms with E-state index in [2.05, 4.69) is 0 Å². The number of aryl methyl sites for hydroxylation is 2. The molecule has 0 spiro atoms. The summed E-state index contributed by atoms with van der Waals surface area (Å²) in [5.74, 6) is 0.675. The van der Waals surface area contributed by atoms with Crippen LogP contribution in [-0.4, -0.2) is 19.4 Å². The Morgan fingerprint density at radius 3 is 2.47 bits per heavy atom. The van der Waals surface area contributed by atoms with E-state index in [1.54, 1.807) is 7.11 Å². The molecule has 0 amide bonds. The van der Waals surface area contributed by atoms with Gasteiger partial charge in [0, 0.05) is 6.42 Å². The minimum atomic E-state index is 0.0393. The van der Waals surface area contributed by atoms with Gasteiger partial charge in [0.1, 0.15) is 5.75 Å². The second kappa shape index (κ2) is 4.94. The molecule has 82 valence electrons. The van der Waals surface area contributed by atoms with Crippen LogP contribution in [0.3, 0.4) is 0 Å². The Bertz CT molecular complexity index is 372. The van der Waals surface area contributed by atoms with Crippen molar-refractivity contribution in [1.82, 2.24) is 0 Å². The molecule has 3 nitrogen and oxygen atoms in total. The number of Topliss-reactive ketones (excluding diaryl/α,β-unsaturated/α-hetero) is 1. The maximum absolute atomic E-state index is 11.7. The van der Waals surface area contributed by atoms with Gasteiger partial charge in [-0.1, -0.05) is 0 Å². The molecule has 15 heavy (non-hydrogen) atoms. The Balaban J connectivity index is 3.15. The number of hydrogen-bond acceptors (Lipinski definition) is 3. The highest BCUT2D eigenvalue weighted by Gasteiger charge is 2.12. The van der Waals surface area contributed by atoms with Gasteiger partial charge in [-0.15, -0.1) is 0 Å².